The zero-order chi connectivity index (χ0) is 22.5. The number of thioether (sulfide) groups is 1. The molecule has 164 valence electrons. The molecule has 2 N–H and O–H groups in total. The number of nitrogens with one attached hydrogen (secondary N) is 2. The molecule has 2 heterocycles. The van der Waals surface area contributed by atoms with Crippen molar-refractivity contribution in [3.8, 4) is 16.9 Å². The summed E-state index contributed by atoms with van der Waals surface area (Å²) in [6, 6.07) is 19.6. The van der Waals surface area contributed by atoms with Crippen molar-refractivity contribution < 1.29 is 4.79 Å². The number of carbonyl (C=O) groups is 1. The quantitative estimate of drug-likeness (QED) is 0.399. The van der Waals surface area contributed by atoms with Gasteiger partial charge in [-0.15, -0.1) is 5.10 Å². The molecule has 0 saturated carbocycles. The third kappa shape index (κ3) is 4.83. The lowest BCUT2D eigenvalue weighted by Crippen LogP contribution is -2.19. The van der Waals surface area contributed by atoms with E-state index in [1.807, 2.05) is 74.5 Å². The van der Waals surface area contributed by atoms with Gasteiger partial charge in [-0.1, -0.05) is 66.7 Å². The number of hydrogen-bond acceptors (Lipinski definition) is 5. The summed E-state index contributed by atoms with van der Waals surface area (Å²) in [5, 5.41) is 14.6. The van der Waals surface area contributed by atoms with Crippen LogP contribution in [0.5, 0.6) is 0 Å². The van der Waals surface area contributed by atoms with Crippen molar-refractivity contribution >= 4 is 23.5 Å². The smallest absolute Gasteiger partial charge is 0.310 e. The molecule has 0 aliphatic carbocycles. The maximum Gasteiger partial charge on any atom is 0.343 e. The monoisotopic (exact) mass is 448 g/mol. The van der Waals surface area contributed by atoms with Crippen LogP contribution in [-0.2, 0) is 11.3 Å². The molecule has 4 aromatic rings. The fourth-order valence-corrected chi connectivity index (χ4v) is 4.02. The van der Waals surface area contributed by atoms with Gasteiger partial charge in [0.2, 0.25) is 5.91 Å². The van der Waals surface area contributed by atoms with Gasteiger partial charge in [-0.2, -0.15) is 5.10 Å². The van der Waals surface area contributed by atoms with Crippen molar-refractivity contribution in [3.63, 3.8) is 0 Å². The Morgan fingerprint density at radius 1 is 1.12 bits per heavy atom. The highest BCUT2D eigenvalue weighted by Gasteiger charge is 2.16. The van der Waals surface area contributed by atoms with Crippen molar-refractivity contribution in [1.82, 2.24) is 24.5 Å². The zero-order valence-corrected chi connectivity index (χ0v) is 18.7. The average Bonchev–Trinajstić information content (AvgIpc) is 3.37. The molecule has 0 fully saturated rings. The fraction of sp³-hybridized carbons (Fsp3) is 0.217. The Kier molecular flexibility index (Phi) is 6.55. The Bertz CT molecular complexity index is 1260. The molecule has 1 amide bonds. The van der Waals surface area contributed by atoms with Gasteiger partial charge in [0.25, 0.3) is 0 Å². The maximum atomic E-state index is 12.7. The molecule has 0 aliphatic rings. The van der Waals surface area contributed by atoms with E-state index < -0.39 is 0 Å². The van der Waals surface area contributed by atoms with Gasteiger partial charge in [0.1, 0.15) is 5.82 Å². The molecule has 4 rings (SSSR count). The number of aryl methyl sites for hydroxylation is 1. The third-order valence-electron chi connectivity index (χ3n) is 4.83. The predicted molar refractivity (Wildman–Crippen MR) is 126 cm³/mol. The van der Waals surface area contributed by atoms with Crippen molar-refractivity contribution in [1.29, 1.82) is 0 Å². The van der Waals surface area contributed by atoms with Crippen LogP contribution >= 0.6 is 11.8 Å². The molecular formula is C23H24N6O2S. The van der Waals surface area contributed by atoms with E-state index >= 15 is 0 Å². The summed E-state index contributed by atoms with van der Waals surface area (Å²) in [4.78, 5) is 24.6. The third-order valence-corrected chi connectivity index (χ3v) is 5.80. The Balaban J connectivity index is 1.56. The summed E-state index contributed by atoms with van der Waals surface area (Å²) in [6.45, 7) is 4.58. The summed E-state index contributed by atoms with van der Waals surface area (Å²) in [5.74, 6) is 0.486. The number of H-pyrrole nitrogens is 1. The van der Waals surface area contributed by atoms with Crippen LogP contribution in [0.3, 0.4) is 0 Å². The van der Waals surface area contributed by atoms with Gasteiger partial charge in [0.05, 0.1) is 17.1 Å². The highest BCUT2D eigenvalue weighted by molar-refractivity contribution is 7.99. The molecular weight excluding hydrogens is 424 g/mol. The number of benzene rings is 2. The van der Waals surface area contributed by atoms with Gasteiger partial charge in [-0.05, 0) is 25.5 Å². The predicted octanol–water partition coefficient (Wildman–Crippen LogP) is 3.87. The van der Waals surface area contributed by atoms with E-state index in [9.17, 15) is 9.59 Å². The van der Waals surface area contributed by atoms with Crippen molar-refractivity contribution in [2.75, 3.05) is 11.1 Å². The molecule has 9 heteroatoms. The van der Waals surface area contributed by atoms with Crippen molar-refractivity contribution in [3.05, 3.63) is 76.7 Å². The minimum absolute atomic E-state index is 0.119. The first-order valence-corrected chi connectivity index (χ1v) is 11.3. The van der Waals surface area contributed by atoms with Gasteiger partial charge in [-0.25, -0.2) is 14.6 Å². The molecule has 0 atom stereocenters. The van der Waals surface area contributed by atoms with Crippen LogP contribution in [0.15, 0.2) is 70.6 Å². The number of nitrogens with zero attached hydrogens (tertiary/aromatic N) is 4. The number of anilines is 1. The highest BCUT2D eigenvalue weighted by Crippen LogP contribution is 2.25. The largest absolute Gasteiger partial charge is 0.343 e. The van der Waals surface area contributed by atoms with Crippen molar-refractivity contribution in [2.45, 2.75) is 32.0 Å². The maximum absolute atomic E-state index is 12.7. The Morgan fingerprint density at radius 3 is 2.59 bits per heavy atom. The van der Waals surface area contributed by atoms with E-state index in [-0.39, 0.29) is 17.3 Å². The number of para-hydroxylation sites is 1. The summed E-state index contributed by atoms with van der Waals surface area (Å²) in [6.07, 6.45) is 0.803. The number of carbonyl (C=O) groups excluding carboxylic acids is 1. The van der Waals surface area contributed by atoms with Crippen LogP contribution in [0, 0.1) is 6.92 Å². The molecule has 2 aromatic carbocycles. The van der Waals surface area contributed by atoms with E-state index in [0.29, 0.717) is 17.5 Å². The fourth-order valence-electron chi connectivity index (χ4n) is 3.24. The van der Waals surface area contributed by atoms with Crippen LogP contribution in [-0.4, -0.2) is 36.2 Å². The van der Waals surface area contributed by atoms with Gasteiger partial charge in [-0.3, -0.25) is 9.36 Å². The second-order valence-electron chi connectivity index (χ2n) is 7.33. The van der Waals surface area contributed by atoms with Crippen LogP contribution in [0.1, 0.15) is 18.9 Å². The summed E-state index contributed by atoms with van der Waals surface area (Å²) in [5.41, 5.74) is 3.48. The number of amides is 1. The van der Waals surface area contributed by atoms with Gasteiger partial charge >= 0.3 is 5.69 Å². The molecule has 32 heavy (non-hydrogen) atoms. The van der Waals surface area contributed by atoms with Crippen molar-refractivity contribution in [2.24, 2.45) is 0 Å². The Labute approximate surface area is 189 Å². The number of aromatic amines is 1. The molecule has 0 spiro atoms. The SMILES string of the molecule is CCCn1c(SCC(=O)Nc2cc(-c3ccc(C)cc3)nn2-c2ccccc2)n[nH]c1=O. The Hall–Kier alpha value is -3.59. The van der Waals surface area contributed by atoms with Crippen LogP contribution in [0.25, 0.3) is 16.9 Å². The van der Waals surface area contributed by atoms with Gasteiger partial charge in [0, 0.05) is 18.2 Å². The summed E-state index contributed by atoms with van der Waals surface area (Å²) >= 11 is 1.22. The topological polar surface area (TPSA) is 97.6 Å². The minimum Gasteiger partial charge on any atom is -0.310 e. The average molecular weight is 449 g/mol. The van der Waals surface area contributed by atoms with E-state index in [2.05, 4.69) is 15.5 Å². The molecule has 2 aromatic heterocycles. The number of aromatic nitrogens is 5. The van der Waals surface area contributed by atoms with Crippen LogP contribution < -0.4 is 11.0 Å². The van der Waals surface area contributed by atoms with E-state index in [0.717, 1.165) is 23.4 Å². The lowest BCUT2D eigenvalue weighted by atomic mass is 10.1. The van der Waals surface area contributed by atoms with E-state index in [1.165, 1.54) is 17.3 Å². The molecule has 8 nitrogen and oxygen atoms in total. The first-order valence-electron chi connectivity index (χ1n) is 10.4. The minimum atomic E-state index is -0.264. The highest BCUT2D eigenvalue weighted by atomic mass is 32.2. The molecule has 0 unspecified atom stereocenters. The first-order chi connectivity index (χ1) is 15.5. The molecule has 0 aliphatic heterocycles. The zero-order valence-electron chi connectivity index (χ0n) is 17.9. The van der Waals surface area contributed by atoms with E-state index in [1.54, 1.807) is 9.25 Å². The van der Waals surface area contributed by atoms with Gasteiger partial charge in [0.15, 0.2) is 5.16 Å². The molecule has 0 bridgehead atoms. The summed E-state index contributed by atoms with van der Waals surface area (Å²) < 4.78 is 3.26. The van der Waals surface area contributed by atoms with E-state index in [4.69, 9.17) is 5.10 Å². The molecule has 0 radical (unpaired) electrons. The second-order valence-corrected chi connectivity index (χ2v) is 8.27. The van der Waals surface area contributed by atoms with Crippen LogP contribution in [0.4, 0.5) is 5.82 Å². The first kappa shape index (κ1) is 21.6. The second kappa shape index (κ2) is 9.69. The normalized spacial score (nSPS) is 10.9. The Morgan fingerprint density at radius 2 is 1.88 bits per heavy atom. The number of rotatable bonds is 8. The lowest BCUT2D eigenvalue weighted by Gasteiger charge is -2.09. The standard InChI is InChI=1S/C23H24N6O2S/c1-3-13-28-22(31)25-26-23(28)32-15-21(30)24-20-14-19(17-11-9-16(2)10-12-17)27-29(20)18-7-5-4-6-8-18/h4-12,14H,3,13,15H2,1-2H3,(H,24,30)(H,25,31). The molecule has 0 saturated heterocycles. The lowest BCUT2D eigenvalue weighted by molar-refractivity contribution is -0.113. The van der Waals surface area contributed by atoms with Crippen LogP contribution in [0.2, 0.25) is 0 Å². The number of hydrogen-bond donors (Lipinski definition) is 2. The van der Waals surface area contributed by atoms with Gasteiger partial charge < -0.3 is 5.32 Å². The summed E-state index contributed by atoms with van der Waals surface area (Å²) in [7, 11) is 0.